The zero-order valence-electron chi connectivity index (χ0n) is 12.4. The van der Waals surface area contributed by atoms with Crippen LogP contribution in [0.5, 0.6) is 0 Å². The van der Waals surface area contributed by atoms with Gasteiger partial charge in [0.15, 0.2) is 5.69 Å². The molecule has 1 aromatic heterocycles. The van der Waals surface area contributed by atoms with Crippen LogP contribution < -0.4 is 5.32 Å². The van der Waals surface area contributed by atoms with Crippen molar-refractivity contribution in [2.24, 2.45) is 5.92 Å². The van der Waals surface area contributed by atoms with Gasteiger partial charge in [-0.15, -0.1) is 5.10 Å². The van der Waals surface area contributed by atoms with E-state index in [1.54, 1.807) is 23.2 Å². The maximum Gasteiger partial charge on any atom is 0.276 e. The number of halogens is 1. The quantitative estimate of drug-likeness (QED) is 0.918. The van der Waals surface area contributed by atoms with E-state index in [1.807, 2.05) is 7.05 Å². The molecule has 1 aliphatic heterocycles. The number of carbonyl (C=O) groups excluding carboxylic acids is 1. The normalized spacial score (nSPS) is 17.9. The van der Waals surface area contributed by atoms with Gasteiger partial charge in [-0.3, -0.25) is 4.79 Å². The Labute approximate surface area is 127 Å². The summed E-state index contributed by atoms with van der Waals surface area (Å²) in [6.45, 7) is 2.39. The van der Waals surface area contributed by atoms with E-state index in [-0.39, 0.29) is 11.7 Å². The molecule has 1 N–H and O–H groups in total. The van der Waals surface area contributed by atoms with Gasteiger partial charge in [-0.05, 0) is 50.2 Å². The second kappa shape index (κ2) is 6.23. The predicted octanol–water partition coefficient (Wildman–Crippen LogP) is 1.09. The molecule has 1 aromatic carbocycles. The van der Waals surface area contributed by atoms with Crippen LogP contribution in [0.15, 0.2) is 30.5 Å². The van der Waals surface area contributed by atoms with Gasteiger partial charge in [0.1, 0.15) is 5.82 Å². The van der Waals surface area contributed by atoms with Crippen molar-refractivity contribution in [3.8, 4) is 5.69 Å². The van der Waals surface area contributed by atoms with E-state index in [0.29, 0.717) is 17.3 Å². The largest absolute Gasteiger partial charge is 0.337 e. The summed E-state index contributed by atoms with van der Waals surface area (Å²) in [5, 5.41) is 11.0. The molecule has 3 rings (SSSR count). The van der Waals surface area contributed by atoms with Gasteiger partial charge in [-0.2, -0.15) is 0 Å². The average molecular weight is 303 g/mol. The van der Waals surface area contributed by atoms with Crippen molar-refractivity contribution in [2.45, 2.75) is 6.42 Å². The lowest BCUT2D eigenvalue weighted by molar-refractivity contribution is 0.0781. The Hall–Kier alpha value is -2.28. The minimum Gasteiger partial charge on any atom is -0.337 e. The van der Waals surface area contributed by atoms with Gasteiger partial charge < -0.3 is 10.2 Å². The molecule has 116 valence electrons. The number of rotatable bonds is 4. The summed E-state index contributed by atoms with van der Waals surface area (Å²) in [5.74, 6) is 0.0702. The first kappa shape index (κ1) is 14.6. The fourth-order valence-corrected chi connectivity index (χ4v) is 2.72. The molecule has 1 amide bonds. The minimum absolute atomic E-state index is 0.105. The lowest BCUT2D eigenvalue weighted by Gasteiger charge is -2.14. The summed E-state index contributed by atoms with van der Waals surface area (Å²) in [6, 6.07) is 5.89. The van der Waals surface area contributed by atoms with E-state index < -0.39 is 0 Å². The molecule has 1 aliphatic rings. The molecule has 0 aliphatic carbocycles. The third-order valence-electron chi connectivity index (χ3n) is 3.87. The van der Waals surface area contributed by atoms with Crippen LogP contribution >= 0.6 is 0 Å². The molecule has 0 bridgehead atoms. The molecule has 2 aromatic rings. The zero-order valence-corrected chi connectivity index (χ0v) is 12.4. The van der Waals surface area contributed by atoms with E-state index in [0.717, 1.165) is 26.1 Å². The number of aromatic nitrogens is 3. The number of benzene rings is 1. The van der Waals surface area contributed by atoms with Crippen molar-refractivity contribution >= 4 is 5.91 Å². The van der Waals surface area contributed by atoms with E-state index in [9.17, 15) is 9.18 Å². The molecular formula is C15H18FN5O. The lowest BCUT2D eigenvalue weighted by Crippen LogP contribution is -2.30. The van der Waals surface area contributed by atoms with Crippen molar-refractivity contribution in [3.05, 3.63) is 42.0 Å². The Bertz CT molecular complexity index is 654. The number of hydrogen-bond donors (Lipinski definition) is 1. The van der Waals surface area contributed by atoms with Crippen LogP contribution in [-0.2, 0) is 0 Å². The SMILES string of the molecule is CNCC1CCN(C(=O)c2cn(-c3ccc(F)cc3)nn2)C1. The molecule has 7 heteroatoms. The van der Waals surface area contributed by atoms with Crippen molar-refractivity contribution in [1.29, 1.82) is 0 Å². The van der Waals surface area contributed by atoms with Gasteiger partial charge >= 0.3 is 0 Å². The Kier molecular flexibility index (Phi) is 4.15. The maximum absolute atomic E-state index is 12.9. The van der Waals surface area contributed by atoms with E-state index in [2.05, 4.69) is 15.6 Å². The molecule has 22 heavy (non-hydrogen) atoms. The van der Waals surface area contributed by atoms with E-state index >= 15 is 0 Å². The standard InChI is InChI=1S/C15H18FN5O/c1-17-8-11-6-7-20(9-11)15(22)14-10-21(19-18-14)13-4-2-12(16)3-5-13/h2-5,10-11,17H,6-9H2,1H3. The summed E-state index contributed by atoms with van der Waals surface area (Å²) in [6.07, 6.45) is 2.58. The van der Waals surface area contributed by atoms with Gasteiger partial charge in [-0.25, -0.2) is 9.07 Å². The molecule has 1 saturated heterocycles. The maximum atomic E-state index is 12.9. The summed E-state index contributed by atoms with van der Waals surface area (Å²) in [4.78, 5) is 14.2. The molecule has 0 spiro atoms. The van der Waals surface area contributed by atoms with Crippen molar-refractivity contribution in [1.82, 2.24) is 25.2 Å². The summed E-state index contributed by atoms with van der Waals surface area (Å²) < 4.78 is 14.4. The first-order valence-electron chi connectivity index (χ1n) is 7.29. The number of nitrogens with one attached hydrogen (secondary N) is 1. The third-order valence-corrected chi connectivity index (χ3v) is 3.87. The van der Waals surface area contributed by atoms with Crippen LogP contribution in [0.2, 0.25) is 0 Å². The number of nitrogens with zero attached hydrogens (tertiary/aromatic N) is 4. The van der Waals surface area contributed by atoms with E-state index in [1.165, 1.54) is 16.8 Å². The highest BCUT2D eigenvalue weighted by Gasteiger charge is 2.28. The molecule has 1 fully saturated rings. The summed E-state index contributed by atoms with van der Waals surface area (Å²) in [7, 11) is 1.92. The Balaban J connectivity index is 1.71. The molecule has 0 saturated carbocycles. The Morgan fingerprint density at radius 1 is 1.41 bits per heavy atom. The Morgan fingerprint density at radius 2 is 2.18 bits per heavy atom. The van der Waals surface area contributed by atoms with Crippen molar-refractivity contribution < 1.29 is 9.18 Å². The first-order valence-corrected chi connectivity index (χ1v) is 7.29. The molecule has 6 nitrogen and oxygen atoms in total. The molecule has 0 radical (unpaired) electrons. The second-order valence-electron chi connectivity index (χ2n) is 5.49. The van der Waals surface area contributed by atoms with Crippen LogP contribution in [-0.4, -0.2) is 52.5 Å². The number of likely N-dealkylation sites (tertiary alicyclic amines) is 1. The van der Waals surface area contributed by atoms with E-state index in [4.69, 9.17) is 0 Å². The minimum atomic E-state index is -0.312. The topological polar surface area (TPSA) is 63.1 Å². The van der Waals surface area contributed by atoms with Crippen LogP contribution in [0, 0.1) is 11.7 Å². The highest BCUT2D eigenvalue weighted by molar-refractivity contribution is 5.92. The molecule has 1 atom stereocenters. The van der Waals surface area contributed by atoms with Crippen LogP contribution in [0.1, 0.15) is 16.9 Å². The zero-order chi connectivity index (χ0) is 15.5. The second-order valence-corrected chi connectivity index (χ2v) is 5.49. The third kappa shape index (κ3) is 2.99. The van der Waals surface area contributed by atoms with Gasteiger partial charge in [0.2, 0.25) is 0 Å². The number of amides is 1. The number of carbonyl (C=O) groups is 1. The molecular weight excluding hydrogens is 285 g/mol. The fraction of sp³-hybridized carbons (Fsp3) is 0.400. The summed E-state index contributed by atoms with van der Waals surface area (Å²) in [5.41, 5.74) is 0.983. The van der Waals surface area contributed by atoms with Crippen LogP contribution in [0.3, 0.4) is 0 Å². The van der Waals surface area contributed by atoms with Crippen LogP contribution in [0.4, 0.5) is 4.39 Å². The van der Waals surface area contributed by atoms with Gasteiger partial charge in [0.25, 0.3) is 5.91 Å². The number of hydrogen-bond acceptors (Lipinski definition) is 4. The lowest BCUT2D eigenvalue weighted by atomic mass is 10.1. The summed E-state index contributed by atoms with van der Waals surface area (Å²) >= 11 is 0. The Morgan fingerprint density at radius 3 is 2.91 bits per heavy atom. The van der Waals surface area contributed by atoms with Gasteiger partial charge in [-0.1, -0.05) is 5.21 Å². The first-order chi connectivity index (χ1) is 10.7. The smallest absolute Gasteiger partial charge is 0.276 e. The molecule has 1 unspecified atom stereocenters. The van der Waals surface area contributed by atoms with Crippen LogP contribution in [0.25, 0.3) is 5.69 Å². The van der Waals surface area contributed by atoms with Gasteiger partial charge in [0.05, 0.1) is 11.9 Å². The molecule has 2 heterocycles. The van der Waals surface area contributed by atoms with Crippen molar-refractivity contribution in [3.63, 3.8) is 0 Å². The average Bonchev–Trinajstić information content (AvgIpc) is 3.17. The fourth-order valence-electron chi connectivity index (χ4n) is 2.72. The monoisotopic (exact) mass is 303 g/mol. The highest BCUT2D eigenvalue weighted by Crippen LogP contribution is 2.18. The highest BCUT2D eigenvalue weighted by atomic mass is 19.1. The predicted molar refractivity (Wildman–Crippen MR) is 79.3 cm³/mol. The van der Waals surface area contributed by atoms with Gasteiger partial charge in [0, 0.05) is 13.1 Å². The van der Waals surface area contributed by atoms with Crippen molar-refractivity contribution in [2.75, 3.05) is 26.7 Å².